The summed E-state index contributed by atoms with van der Waals surface area (Å²) in [5.74, 6) is 0. The molecular formula is C16H20N2O. The maximum atomic E-state index is 10.8. The van der Waals surface area contributed by atoms with E-state index >= 15 is 0 Å². The summed E-state index contributed by atoms with van der Waals surface area (Å²) in [5, 5.41) is 11.9. The molecule has 1 heterocycles. The van der Waals surface area contributed by atoms with E-state index in [0.717, 1.165) is 42.1 Å². The van der Waals surface area contributed by atoms with Gasteiger partial charge in [0.05, 0.1) is 11.6 Å². The molecular weight excluding hydrogens is 236 g/mol. The van der Waals surface area contributed by atoms with Crippen LogP contribution in [0, 0.1) is 5.41 Å². The van der Waals surface area contributed by atoms with Crippen LogP contribution in [0.25, 0.3) is 10.9 Å². The van der Waals surface area contributed by atoms with Crippen LogP contribution in [0.4, 0.5) is 0 Å². The first kappa shape index (κ1) is 12.6. The number of aliphatic hydroxyl groups is 1. The van der Waals surface area contributed by atoms with Crippen molar-refractivity contribution in [2.45, 2.75) is 31.8 Å². The van der Waals surface area contributed by atoms with Gasteiger partial charge in [-0.25, -0.2) is 0 Å². The molecule has 1 aliphatic rings. The molecule has 0 bridgehead atoms. The molecule has 3 rings (SSSR count). The van der Waals surface area contributed by atoms with Crippen molar-refractivity contribution in [3.8, 4) is 0 Å². The van der Waals surface area contributed by atoms with Gasteiger partial charge in [-0.05, 0) is 18.9 Å². The highest BCUT2D eigenvalue weighted by Crippen LogP contribution is 2.47. The molecule has 1 atom stereocenters. The van der Waals surface area contributed by atoms with Crippen LogP contribution in [0.2, 0.25) is 0 Å². The van der Waals surface area contributed by atoms with Gasteiger partial charge in [0.2, 0.25) is 0 Å². The molecule has 1 fully saturated rings. The molecule has 1 unspecified atom stereocenters. The first-order valence-electron chi connectivity index (χ1n) is 6.99. The average Bonchev–Trinajstić information content (AvgIpc) is 2.96. The van der Waals surface area contributed by atoms with E-state index in [0.29, 0.717) is 6.54 Å². The number of rotatable bonds is 3. The van der Waals surface area contributed by atoms with E-state index in [4.69, 9.17) is 5.73 Å². The number of benzene rings is 1. The Hall–Kier alpha value is -1.45. The van der Waals surface area contributed by atoms with Crippen LogP contribution in [0.15, 0.2) is 36.5 Å². The Morgan fingerprint density at radius 2 is 1.95 bits per heavy atom. The largest absolute Gasteiger partial charge is 0.388 e. The minimum Gasteiger partial charge on any atom is -0.388 e. The summed E-state index contributed by atoms with van der Waals surface area (Å²) < 4.78 is 0. The Morgan fingerprint density at radius 3 is 2.68 bits per heavy atom. The van der Waals surface area contributed by atoms with Crippen molar-refractivity contribution in [2.75, 3.05) is 6.54 Å². The maximum absolute atomic E-state index is 10.8. The summed E-state index contributed by atoms with van der Waals surface area (Å²) in [7, 11) is 0. The number of para-hydroxylation sites is 1. The first-order chi connectivity index (χ1) is 9.27. The SMILES string of the molecule is NCC1(C(O)c2cccc3cccnc23)CCCC1. The summed E-state index contributed by atoms with van der Waals surface area (Å²) >= 11 is 0. The molecule has 0 amide bonds. The summed E-state index contributed by atoms with van der Waals surface area (Å²) in [6, 6.07) is 9.95. The van der Waals surface area contributed by atoms with Crippen molar-refractivity contribution in [1.29, 1.82) is 0 Å². The number of nitrogens with zero attached hydrogens (tertiary/aromatic N) is 1. The molecule has 3 N–H and O–H groups in total. The molecule has 0 saturated heterocycles. The van der Waals surface area contributed by atoms with Gasteiger partial charge in [0, 0.05) is 29.1 Å². The smallest absolute Gasteiger partial charge is 0.0879 e. The number of aliphatic hydroxyl groups excluding tert-OH is 1. The summed E-state index contributed by atoms with van der Waals surface area (Å²) in [6.07, 6.45) is 5.60. The fourth-order valence-corrected chi connectivity index (χ4v) is 3.35. The van der Waals surface area contributed by atoms with E-state index in [2.05, 4.69) is 4.98 Å². The van der Waals surface area contributed by atoms with E-state index in [1.165, 1.54) is 0 Å². The Kier molecular flexibility index (Phi) is 3.25. The lowest BCUT2D eigenvalue weighted by molar-refractivity contribution is 0.0343. The fourth-order valence-electron chi connectivity index (χ4n) is 3.35. The number of aromatic nitrogens is 1. The minimum absolute atomic E-state index is 0.161. The van der Waals surface area contributed by atoms with E-state index in [1.54, 1.807) is 6.20 Å². The van der Waals surface area contributed by atoms with Gasteiger partial charge in [0.1, 0.15) is 0 Å². The molecule has 3 heteroatoms. The lowest BCUT2D eigenvalue weighted by atomic mass is 9.77. The van der Waals surface area contributed by atoms with Gasteiger partial charge in [-0.15, -0.1) is 0 Å². The summed E-state index contributed by atoms with van der Waals surface area (Å²) in [6.45, 7) is 0.539. The zero-order chi connectivity index (χ0) is 13.3. The Balaban J connectivity index is 2.08. The van der Waals surface area contributed by atoms with Gasteiger partial charge in [0.25, 0.3) is 0 Å². The fraction of sp³-hybridized carbons (Fsp3) is 0.438. The molecule has 0 spiro atoms. The highest BCUT2D eigenvalue weighted by atomic mass is 16.3. The Morgan fingerprint density at radius 1 is 1.21 bits per heavy atom. The standard InChI is InChI=1S/C16H20N2O/c17-11-16(8-1-2-9-16)15(19)13-7-3-5-12-6-4-10-18-14(12)13/h3-7,10,15,19H,1-2,8-9,11,17H2. The lowest BCUT2D eigenvalue weighted by Gasteiger charge is -2.33. The average molecular weight is 256 g/mol. The zero-order valence-electron chi connectivity index (χ0n) is 11.0. The van der Waals surface area contributed by atoms with E-state index in [1.807, 2.05) is 30.3 Å². The Labute approximate surface area is 113 Å². The van der Waals surface area contributed by atoms with Crippen molar-refractivity contribution >= 4 is 10.9 Å². The Bertz CT molecular complexity index is 570. The van der Waals surface area contributed by atoms with Crippen molar-refractivity contribution in [3.05, 3.63) is 42.1 Å². The number of pyridine rings is 1. The van der Waals surface area contributed by atoms with Crippen LogP contribution in [-0.4, -0.2) is 16.6 Å². The monoisotopic (exact) mass is 256 g/mol. The highest BCUT2D eigenvalue weighted by molar-refractivity contribution is 5.81. The van der Waals surface area contributed by atoms with Crippen molar-refractivity contribution < 1.29 is 5.11 Å². The third kappa shape index (κ3) is 2.03. The molecule has 19 heavy (non-hydrogen) atoms. The summed E-state index contributed by atoms with van der Waals surface area (Å²) in [5.41, 5.74) is 7.63. The molecule has 0 radical (unpaired) electrons. The molecule has 1 aromatic heterocycles. The molecule has 1 aromatic carbocycles. The quantitative estimate of drug-likeness (QED) is 0.887. The van der Waals surface area contributed by atoms with Crippen LogP contribution in [-0.2, 0) is 0 Å². The van der Waals surface area contributed by atoms with E-state index in [-0.39, 0.29) is 5.41 Å². The second-order valence-electron chi connectivity index (χ2n) is 5.60. The van der Waals surface area contributed by atoms with Gasteiger partial charge < -0.3 is 10.8 Å². The molecule has 1 aliphatic carbocycles. The number of nitrogens with two attached hydrogens (primary N) is 1. The predicted molar refractivity (Wildman–Crippen MR) is 76.7 cm³/mol. The van der Waals surface area contributed by atoms with Crippen LogP contribution >= 0.6 is 0 Å². The maximum Gasteiger partial charge on any atom is 0.0879 e. The van der Waals surface area contributed by atoms with Gasteiger partial charge in [0.15, 0.2) is 0 Å². The van der Waals surface area contributed by atoms with Crippen LogP contribution in [0.5, 0.6) is 0 Å². The van der Waals surface area contributed by atoms with E-state index < -0.39 is 6.10 Å². The second-order valence-corrected chi connectivity index (χ2v) is 5.60. The predicted octanol–water partition coefficient (Wildman–Crippen LogP) is 2.79. The molecule has 2 aromatic rings. The van der Waals surface area contributed by atoms with Crippen LogP contribution in [0.3, 0.4) is 0 Å². The minimum atomic E-state index is -0.515. The van der Waals surface area contributed by atoms with Gasteiger partial charge >= 0.3 is 0 Å². The van der Waals surface area contributed by atoms with Crippen LogP contribution in [0.1, 0.15) is 37.4 Å². The van der Waals surface area contributed by atoms with Crippen molar-refractivity contribution in [3.63, 3.8) is 0 Å². The highest BCUT2D eigenvalue weighted by Gasteiger charge is 2.40. The third-order valence-corrected chi connectivity index (χ3v) is 4.54. The zero-order valence-corrected chi connectivity index (χ0v) is 11.0. The van der Waals surface area contributed by atoms with Crippen LogP contribution < -0.4 is 5.73 Å². The van der Waals surface area contributed by atoms with Gasteiger partial charge in [-0.1, -0.05) is 37.1 Å². The van der Waals surface area contributed by atoms with Gasteiger partial charge in [-0.3, -0.25) is 4.98 Å². The van der Waals surface area contributed by atoms with Crippen molar-refractivity contribution in [2.24, 2.45) is 11.1 Å². The number of hydrogen-bond donors (Lipinski definition) is 2. The normalized spacial score (nSPS) is 19.7. The number of fused-ring (bicyclic) bond motifs is 1. The van der Waals surface area contributed by atoms with Gasteiger partial charge in [-0.2, -0.15) is 0 Å². The van der Waals surface area contributed by atoms with E-state index in [9.17, 15) is 5.11 Å². The summed E-state index contributed by atoms with van der Waals surface area (Å²) in [4.78, 5) is 4.44. The lowest BCUT2D eigenvalue weighted by Crippen LogP contribution is -2.34. The van der Waals surface area contributed by atoms with Crippen molar-refractivity contribution in [1.82, 2.24) is 4.98 Å². The molecule has 3 nitrogen and oxygen atoms in total. The molecule has 100 valence electrons. The topological polar surface area (TPSA) is 59.1 Å². The second kappa shape index (κ2) is 4.91. The first-order valence-corrected chi connectivity index (χ1v) is 6.99. The molecule has 1 saturated carbocycles. The molecule has 0 aliphatic heterocycles. The number of hydrogen-bond acceptors (Lipinski definition) is 3. The third-order valence-electron chi connectivity index (χ3n) is 4.54.